The molecule has 1 aliphatic heterocycles. The molecule has 0 aromatic heterocycles. The van der Waals surface area contributed by atoms with Gasteiger partial charge in [0.1, 0.15) is 0 Å². The van der Waals surface area contributed by atoms with Crippen LogP contribution in [0.5, 0.6) is 0 Å². The lowest BCUT2D eigenvalue weighted by molar-refractivity contribution is -0.162. The van der Waals surface area contributed by atoms with Crippen LogP contribution in [-0.4, -0.2) is 26.0 Å². The molecule has 0 N–H and O–H groups in total. The zero-order valence-corrected chi connectivity index (χ0v) is 9.10. The summed E-state index contributed by atoms with van der Waals surface area (Å²) in [5.74, 6) is 0. The van der Waals surface area contributed by atoms with Crippen molar-refractivity contribution in [1.29, 1.82) is 0 Å². The minimum Gasteiger partial charge on any atom is -0.353 e. The van der Waals surface area contributed by atoms with Gasteiger partial charge in [-0.1, -0.05) is 11.5 Å². The summed E-state index contributed by atoms with van der Waals surface area (Å²) in [5, 5.41) is 3.47. The van der Waals surface area contributed by atoms with Gasteiger partial charge in [0.25, 0.3) is 0 Å². The number of unbranched alkanes of at least 4 members (excludes halogenated alkanes) is 2. The second-order valence-corrected chi connectivity index (χ2v) is 3.68. The van der Waals surface area contributed by atoms with Crippen molar-refractivity contribution >= 4 is 0 Å². The summed E-state index contributed by atoms with van der Waals surface area (Å²) in [5.41, 5.74) is 8.06. The summed E-state index contributed by atoms with van der Waals surface area (Å²) in [6.45, 7) is 2.18. The van der Waals surface area contributed by atoms with Crippen LogP contribution in [0.1, 0.15) is 38.5 Å². The predicted octanol–water partition coefficient (Wildman–Crippen LogP) is 3.01. The lowest BCUT2D eigenvalue weighted by atomic mass is 10.2. The van der Waals surface area contributed by atoms with E-state index in [9.17, 15) is 0 Å². The molecule has 1 aliphatic rings. The summed E-state index contributed by atoms with van der Waals surface area (Å²) >= 11 is 0. The Kier molecular flexibility index (Phi) is 7.00. The third-order valence-corrected chi connectivity index (χ3v) is 2.41. The highest BCUT2D eigenvalue weighted by molar-refractivity contribution is 4.54. The van der Waals surface area contributed by atoms with Crippen molar-refractivity contribution in [1.82, 2.24) is 0 Å². The second-order valence-electron chi connectivity index (χ2n) is 3.68. The van der Waals surface area contributed by atoms with E-state index in [4.69, 9.17) is 15.0 Å². The van der Waals surface area contributed by atoms with E-state index in [-0.39, 0.29) is 6.29 Å². The Morgan fingerprint density at radius 2 is 2.27 bits per heavy atom. The lowest BCUT2D eigenvalue weighted by Crippen LogP contribution is -2.22. The SMILES string of the molecule is [N-]=[N+]=NCCCCCOC1CCCCO1. The van der Waals surface area contributed by atoms with Crippen LogP contribution in [0.25, 0.3) is 10.4 Å². The molecule has 86 valence electrons. The van der Waals surface area contributed by atoms with E-state index in [0.29, 0.717) is 6.54 Å². The quantitative estimate of drug-likeness (QED) is 0.282. The standard InChI is InChI=1S/C10H19N3O2/c11-13-12-7-3-1-4-8-14-10-6-2-5-9-15-10/h10H,1-9H2. The van der Waals surface area contributed by atoms with Gasteiger partial charge in [-0.25, -0.2) is 0 Å². The predicted molar refractivity (Wildman–Crippen MR) is 57.4 cm³/mol. The lowest BCUT2D eigenvalue weighted by Gasteiger charge is -2.22. The van der Waals surface area contributed by atoms with Crippen LogP contribution < -0.4 is 0 Å². The molecule has 0 spiro atoms. The highest BCUT2D eigenvalue weighted by Crippen LogP contribution is 2.14. The molecule has 1 atom stereocenters. The van der Waals surface area contributed by atoms with Crippen molar-refractivity contribution in [2.45, 2.75) is 44.8 Å². The van der Waals surface area contributed by atoms with Crippen LogP contribution in [-0.2, 0) is 9.47 Å². The molecule has 1 fully saturated rings. The van der Waals surface area contributed by atoms with Gasteiger partial charge in [-0.3, -0.25) is 0 Å². The van der Waals surface area contributed by atoms with Crippen LogP contribution >= 0.6 is 0 Å². The largest absolute Gasteiger partial charge is 0.353 e. The molecule has 5 nitrogen and oxygen atoms in total. The Morgan fingerprint density at radius 1 is 1.33 bits per heavy atom. The Balaban J connectivity index is 1.85. The first-order chi connectivity index (χ1) is 7.43. The molecule has 0 radical (unpaired) electrons. The van der Waals surface area contributed by atoms with Crippen molar-refractivity contribution in [2.24, 2.45) is 5.11 Å². The van der Waals surface area contributed by atoms with Crippen LogP contribution in [0, 0.1) is 0 Å². The average Bonchev–Trinajstić information content (AvgIpc) is 2.29. The fourth-order valence-electron chi connectivity index (χ4n) is 1.56. The van der Waals surface area contributed by atoms with E-state index in [1.165, 1.54) is 6.42 Å². The van der Waals surface area contributed by atoms with Crippen LogP contribution in [0.4, 0.5) is 0 Å². The molecule has 0 aliphatic carbocycles. The molecule has 5 heteroatoms. The summed E-state index contributed by atoms with van der Waals surface area (Å²) in [7, 11) is 0. The maximum atomic E-state index is 8.06. The fraction of sp³-hybridized carbons (Fsp3) is 1.00. The van der Waals surface area contributed by atoms with Crippen LogP contribution in [0.2, 0.25) is 0 Å². The summed E-state index contributed by atoms with van der Waals surface area (Å²) in [6.07, 6.45) is 6.42. The van der Waals surface area contributed by atoms with Gasteiger partial charge < -0.3 is 9.47 Å². The third kappa shape index (κ3) is 6.33. The Bertz CT molecular complexity index is 199. The van der Waals surface area contributed by atoms with Crippen LogP contribution in [0.3, 0.4) is 0 Å². The number of rotatable bonds is 7. The molecule has 15 heavy (non-hydrogen) atoms. The minimum atomic E-state index is 0.0240. The van der Waals surface area contributed by atoms with E-state index in [0.717, 1.165) is 45.3 Å². The van der Waals surface area contributed by atoms with E-state index in [1.54, 1.807) is 0 Å². The van der Waals surface area contributed by atoms with Gasteiger partial charge in [-0.05, 0) is 37.6 Å². The summed E-state index contributed by atoms with van der Waals surface area (Å²) in [4.78, 5) is 2.70. The van der Waals surface area contributed by atoms with Crippen molar-refractivity contribution in [3.63, 3.8) is 0 Å². The number of hydrogen-bond donors (Lipinski definition) is 0. The highest BCUT2D eigenvalue weighted by atomic mass is 16.7. The monoisotopic (exact) mass is 213 g/mol. The molecule has 1 saturated heterocycles. The van der Waals surface area contributed by atoms with Gasteiger partial charge in [0.15, 0.2) is 6.29 Å². The van der Waals surface area contributed by atoms with Crippen molar-refractivity contribution in [3.05, 3.63) is 10.4 Å². The topological polar surface area (TPSA) is 67.2 Å². The first kappa shape index (κ1) is 12.3. The van der Waals surface area contributed by atoms with E-state index < -0.39 is 0 Å². The van der Waals surface area contributed by atoms with E-state index in [2.05, 4.69) is 10.0 Å². The number of nitrogens with zero attached hydrogens (tertiary/aromatic N) is 3. The molecule has 0 aromatic rings. The molecule has 0 saturated carbocycles. The number of azide groups is 1. The zero-order valence-electron chi connectivity index (χ0n) is 9.10. The van der Waals surface area contributed by atoms with Crippen LogP contribution in [0.15, 0.2) is 5.11 Å². The summed E-state index contributed by atoms with van der Waals surface area (Å²) < 4.78 is 11.0. The molecule has 1 heterocycles. The van der Waals surface area contributed by atoms with Gasteiger partial charge in [-0.2, -0.15) is 0 Å². The summed E-state index contributed by atoms with van der Waals surface area (Å²) in [6, 6.07) is 0. The van der Waals surface area contributed by atoms with Crippen molar-refractivity contribution < 1.29 is 9.47 Å². The smallest absolute Gasteiger partial charge is 0.157 e. The maximum absolute atomic E-state index is 8.06. The highest BCUT2D eigenvalue weighted by Gasteiger charge is 2.12. The second kappa shape index (κ2) is 8.53. The fourth-order valence-corrected chi connectivity index (χ4v) is 1.56. The van der Waals surface area contributed by atoms with Gasteiger partial charge in [-0.15, -0.1) is 0 Å². The van der Waals surface area contributed by atoms with Gasteiger partial charge in [0.05, 0.1) is 0 Å². The first-order valence-electron chi connectivity index (χ1n) is 5.67. The van der Waals surface area contributed by atoms with Gasteiger partial charge >= 0.3 is 0 Å². The van der Waals surface area contributed by atoms with Gasteiger partial charge in [0.2, 0.25) is 0 Å². The molecular weight excluding hydrogens is 194 g/mol. The molecule has 0 amide bonds. The molecular formula is C10H19N3O2. The Labute approximate surface area is 90.4 Å². The Hall–Kier alpha value is -0.770. The normalized spacial score (nSPS) is 20.9. The van der Waals surface area contributed by atoms with E-state index in [1.807, 2.05) is 0 Å². The third-order valence-electron chi connectivity index (χ3n) is 2.41. The first-order valence-corrected chi connectivity index (χ1v) is 5.67. The zero-order chi connectivity index (χ0) is 10.8. The van der Waals surface area contributed by atoms with E-state index >= 15 is 0 Å². The maximum Gasteiger partial charge on any atom is 0.157 e. The molecule has 1 unspecified atom stereocenters. The van der Waals surface area contributed by atoms with Gasteiger partial charge in [0, 0.05) is 24.7 Å². The minimum absolute atomic E-state index is 0.0240. The Morgan fingerprint density at radius 3 is 3.00 bits per heavy atom. The molecule has 1 rings (SSSR count). The average molecular weight is 213 g/mol. The molecule has 0 aromatic carbocycles. The van der Waals surface area contributed by atoms with Crippen molar-refractivity contribution in [3.8, 4) is 0 Å². The number of hydrogen-bond acceptors (Lipinski definition) is 3. The number of ether oxygens (including phenoxy) is 2. The van der Waals surface area contributed by atoms with Crippen molar-refractivity contribution in [2.75, 3.05) is 19.8 Å². The molecule has 0 bridgehead atoms.